The number of thioether (sulfide) groups is 1. The molecule has 0 radical (unpaired) electrons. The molecule has 2 aromatic carbocycles. The molecule has 1 aliphatic rings. The molecule has 19 heavy (non-hydrogen) atoms. The van der Waals surface area contributed by atoms with E-state index in [-0.39, 0.29) is 11.5 Å². The van der Waals surface area contributed by atoms with Crippen molar-refractivity contribution in [2.75, 3.05) is 5.73 Å². The maximum absolute atomic E-state index is 13.3. The largest absolute Gasteiger partial charge is 0.396 e. The maximum Gasteiger partial charge on any atom is 0.147 e. The van der Waals surface area contributed by atoms with E-state index >= 15 is 0 Å². The lowest BCUT2D eigenvalue weighted by Crippen LogP contribution is -1.90. The van der Waals surface area contributed by atoms with Crippen LogP contribution in [-0.2, 0) is 18.6 Å². The first kappa shape index (κ1) is 12.5. The molecule has 98 valence electrons. The Hall–Kier alpha value is -1.48. The smallest absolute Gasteiger partial charge is 0.147 e. The highest BCUT2D eigenvalue weighted by Crippen LogP contribution is 2.28. The van der Waals surface area contributed by atoms with Crippen molar-refractivity contribution in [2.45, 2.75) is 29.9 Å². The standard InChI is InChI=1S/C16H16FNS/c17-15-9-14(6-7-16(15)18)19-10-11-4-5-12-2-1-3-13(12)8-11/h4-9H,1-3,10,18H2. The number of aryl methyl sites for hydroxylation is 2. The number of anilines is 1. The third-order valence-corrected chi connectivity index (χ3v) is 4.61. The minimum atomic E-state index is -0.334. The third kappa shape index (κ3) is 2.76. The molecule has 0 bridgehead atoms. The van der Waals surface area contributed by atoms with Crippen molar-refractivity contribution < 1.29 is 4.39 Å². The molecule has 0 unspecified atom stereocenters. The minimum Gasteiger partial charge on any atom is -0.396 e. The van der Waals surface area contributed by atoms with Gasteiger partial charge in [0.25, 0.3) is 0 Å². The summed E-state index contributed by atoms with van der Waals surface area (Å²) in [6.07, 6.45) is 3.69. The number of nitrogen functional groups attached to an aromatic ring is 1. The van der Waals surface area contributed by atoms with Crippen molar-refractivity contribution in [2.24, 2.45) is 0 Å². The maximum atomic E-state index is 13.3. The molecular formula is C16H16FNS. The number of benzene rings is 2. The van der Waals surface area contributed by atoms with Gasteiger partial charge in [-0.1, -0.05) is 18.2 Å². The summed E-state index contributed by atoms with van der Waals surface area (Å²) >= 11 is 1.65. The van der Waals surface area contributed by atoms with Gasteiger partial charge in [0.2, 0.25) is 0 Å². The summed E-state index contributed by atoms with van der Waals surface area (Å²) in [5, 5.41) is 0. The van der Waals surface area contributed by atoms with Crippen LogP contribution in [0.3, 0.4) is 0 Å². The van der Waals surface area contributed by atoms with Crippen LogP contribution in [0.2, 0.25) is 0 Å². The van der Waals surface area contributed by atoms with Crippen molar-refractivity contribution in [1.29, 1.82) is 0 Å². The molecule has 1 nitrogen and oxygen atoms in total. The van der Waals surface area contributed by atoms with Crippen LogP contribution < -0.4 is 5.73 Å². The lowest BCUT2D eigenvalue weighted by Gasteiger charge is -2.06. The molecule has 2 aromatic rings. The van der Waals surface area contributed by atoms with E-state index in [4.69, 9.17) is 5.73 Å². The highest BCUT2D eigenvalue weighted by atomic mass is 32.2. The fourth-order valence-electron chi connectivity index (χ4n) is 2.48. The lowest BCUT2D eigenvalue weighted by molar-refractivity contribution is 0.629. The molecule has 2 N–H and O–H groups in total. The van der Waals surface area contributed by atoms with Crippen LogP contribution in [0, 0.1) is 5.82 Å². The van der Waals surface area contributed by atoms with E-state index in [0.717, 1.165) is 10.6 Å². The van der Waals surface area contributed by atoms with Gasteiger partial charge in [-0.25, -0.2) is 4.39 Å². The van der Waals surface area contributed by atoms with Crippen molar-refractivity contribution in [3.63, 3.8) is 0 Å². The van der Waals surface area contributed by atoms with E-state index < -0.39 is 0 Å². The zero-order chi connectivity index (χ0) is 13.2. The Bertz CT molecular complexity index is 610. The van der Waals surface area contributed by atoms with Gasteiger partial charge in [0.1, 0.15) is 5.82 Å². The summed E-state index contributed by atoms with van der Waals surface area (Å²) in [6.45, 7) is 0. The summed E-state index contributed by atoms with van der Waals surface area (Å²) in [5.74, 6) is 0.537. The molecule has 0 aromatic heterocycles. The molecule has 0 aliphatic heterocycles. The van der Waals surface area contributed by atoms with Crippen LogP contribution >= 0.6 is 11.8 Å². The zero-order valence-electron chi connectivity index (χ0n) is 10.7. The van der Waals surface area contributed by atoms with Crippen molar-refractivity contribution in [3.05, 3.63) is 58.9 Å². The Morgan fingerprint density at radius 2 is 1.89 bits per heavy atom. The number of nitrogens with two attached hydrogens (primary N) is 1. The molecule has 1 aliphatic carbocycles. The molecule has 0 amide bonds. The van der Waals surface area contributed by atoms with E-state index in [1.54, 1.807) is 17.8 Å². The predicted octanol–water partition coefficient (Wildman–Crippen LogP) is 4.19. The molecule has 3 heteroatoms. The van der Waals surface area contributed by atoms with E-state index in [9.17, 15) is 4.39 Å². The minimum absolute atomic E-state index is 0.210. The van der Waals surface area contributed by atoms with Crippen LogP contribution in [0.15, 0.2) is 41.3 Å². The molecule has 0 spiro atoms. The van der Waals surface area contributed by atoms with Crippen LogP contribution in [-0.4, -0.2) is 0 Å². The Kier molecular flexibility index (Phi) is 3.47. The summed E-state index contributed by atoms with van der Waals surface area (Å²) in [4.78, 5) is 0.923. The van der Waals surface area contributed by atoms with Crippen molar-refractivity contribution in [3.8, 4) is 0 Å². The number of halogens is 1. The van der Waals surface area contributed by atoms with E-state index in [2.05, 4.69) is 18.2 Å². The second-order valence-electron chi connectivity index (χ2n) is 4.93. The molecule has 3 rings (SSSR count). The number of hydrogen-bond acceptors (Lipinski definition) is 2. The normalized spacial score (nSPS) is 13.5. The van der Waals surface area contributed by atoms with E-state index in [1.807, 2.05) is 6.07 Å². The van der Waals surface area contributed by atoms with Crippen molar-refractivity contribution in [1.82, 2.24) is 0 Å². The van der Waals surface area contributed by atoms with Crippen LogP contribution in [0.25, 0.3) is 0 Å². The van der Waals surface area contributed by atoms with Gasteiger partial charge in [0, 0.05) is 10.6 Å². The van der Waals surface area contributed by atoms with Gasteiger partial charge in [-0.05, 0) is 54.2 Å². The van der Waals surface area contributed by atoms with Gasteiger partial charge in [-0.3, -0.25) is 0 Å². The van der Waals surface area contributed by atoms with Crippen LogP contribution in [0.4, 0.5) is 10.1 Å². The zero-order valence-corrected chi connectivity index (χ0v) is 11.5. The highest BCUT2D eigenvalue weighted by Gasteiger charge is 2.10. The monoisotopic (exact) mass is 273 g/mol. The number of hydrogen-bond donors (Lipinski definition) is 1. The van der Waals surface area contributed by atoms with Crippen LogP contribution in [0.1, 0.15) is 23.1 Å². The summed E-state index contributed by atoms with van der Waals surface area (Å²) in [7, 11) is 0. The van der Waals surface area contributed by atoms with Gasteiger partial charge in [0.05, 0.1) is 5.69 Å². The summed E-state index contributed by atoms with van der Waals surface area (Å²) in [5.41, 5.74) is 9.97. The van der Waals surface area contributed by atoms with E-state index in [0.29, 0.717) is 0 Å². The first-order valence-electron chi connectivity index (χ1n) is 6.51. The third-order valence-electron chi connectivity index (χ3n) is 3.54. The Morgan fingerprint density at radius 3 is 2.74 bits per heavy atom. The fourth-order valence-corrected chi connectivity index (χ4v) is 3.34. The topological polar surface area (TPSA) is 26.0 Å². The summed E-state index contributed by atoms with van der Waals surface area (Å²) in [6, 6.07) is 11.7. The average Bonchev–Trinajstić information content (AvgIpc) is 2.87. The molecule has 0 heterocycles. The van der Waals surface area contributed by atoms with Gasteiger partial charge in [-0.15, -0.1) is 11.8 Å². The number of rotatable bonds is 3. The Labute approximate surface area is 117 Å². The SMILES string of the molecule is Nc1ccc(SCc2ccc3c(c2)CCC3)cc1F. The molecule has 0 saturated heterocycles. The Morgan fingerprint density at radius 1 is 1.05 bits per heavy atom. The van der Waals surface area contributed by atoms with Gasteiger partial charge >= 0.3 is 0 Å². The molecule has 0 atom stereocenters. The first-order chi connectivity index (χ1) is 9.22. The quantitative estimate of drug-likeness (QED) is 0.670. The van der Waals surface area contributed by atoms with Crippen LogP contribution in [0.5, 0.6) is 0 Å². The average molecular weight is 273 g/mol. The Balaban J connectivity index is 1.70. The van der Waals surface area contributed by atoms with Gasteiger partial charge in [0.15, 0.2) is 0 Å². The first-order valence-corrected chi connectivity index (χ1v) is 7.49. The van der Waals surface area contributed by atoms with Gasteiger partial charge < -0.3 is 5.73 Å². The second-order valence-corrected chi connectivity index (χ2v) is 5.98. The fraction of sp³-hybridized carbons (Fsp3) is 0.250. The van der Waals surface area contributed by atoms with Crippen molar-refractivity contribution >= 4 is 17.4 Å². The highest BCUT2D eigenvalue weighted by molar-refractivity contribution is 7.98. The predicted molar refractivity (Wildman–Crippen MR) is 78.8 cm³/mol. The summed E-state index contributed by atoms with van der Waals surface area (Å²) < 4.78 is 13.3. The lowest BCUT2D eigenvalue weighted by atomic mass is 10.1. The second kappa shape index (κ2) is 5.25. The molecule has 0 fully saturated rings. The molecular weight excluding hydrogens is 257 g/mol. The van der Waals surface area contributed by atoms with Gasteiger partial charge in [-0.2, -0.15) is 0 Å². The number of fused-ring (bicyclic) bond motifs is 1. The van der Waals surface area contributed by atoms with E-state index in [1.165, 1.54) is 42.0 Å². The molecule has 0 saturated carbocycles.